The monoisotopic (exact) mass is 413 g/mol. The molecule has 0 fully saturated rings. The van der Waals surface area contributed by atoms with Gasteiger partial charge in [0.2, 0.25) is 0 Å². The number of primary amides is 1. The first kappa shape index (κ1) is 14.0. The quantitative estimate of drug-likeness (QED) is 0.400. The van der Waals surface area contributed by atoms with Crippen molar-refractivity contribution in [3.05, 3.63) is 19.7 Å². The van der Waals surface area contributed by atoms with Gasteiger partial charge in [0.05, 0.1) is 16.9 Å². The maximum absolute atomic E-state index is 10.4. The van der Waals surface area contributed by atoms with E-state index in [1.807, 2.05) is 22.6 Å². The first-order chi connectivity index (χ1) is 7.97. The normalized spacial score (nSPS) is 10.5. The Bertz CT molecular complexity index is 479. The molecule has 0 aliphatic rings. The summed E-state index contributed by atoms with van der Waals surface area (Å²) in [5.41, 5.74) is 7.57. The molecular formula is C9H9BrIN3O3. The summed E-state index contributed by atoms with van der Waals surface area (Å²) in [6.45, 7) is 0. The van der Waals surface area contributed by atoms with Crippen LogP contribution in [-0.2, 0) is 0 Å². The van der Waals surface area contributed by atoms with Crippen LogP contribution >= 0.6 is 38.5 Å². The van der Waals surface area contributed by atoms with Crippen molar-refractivity contribution in [2.24, 2.45) is 10.8 Å². The summed E-state index contributed by atoms with van der Waals surface area (Å²) < 4.78 is 6.23. The van der Waals surface area contributed by atoms with Gasteiger partial charge in [0, 0.05) is 10.0 Å². The number of amides is 2. The van der Waals surface area contributed by atoms with E-state index in [0.29, 0.717) is 19.4 Å². The van der Waals surface area contributed by atoms with Crippen LogP contribution in [0.15, 0.2) is 15.6 Å². The Morgan fingerprint density at radius 2 is 2.41 bits per heavy atom. The lowest BCUT2D eigenvalue weighted by molar-refractivity contribution is 0.249. The Morgan fingerprint density at radius 1 is 1.76 bits per heavy atom. The van der Waals surface area contributed by atoms with Gasteiger partial charge in [-0.2, -0.15) is 5.10 Å². The molecule has 0 aliphatic heterocycles. The molecule has 1 aromatic carbocycles. The third-order valence-electron chi connectivity index (χ3n) is 1.77. The molecule has 1 aromatic rings. The molecule has 0 aromatic heterocycles. The highest BCUT2D eigenvalue weighted by Gasteiger charge is 2.13. The van der Waals surface area contributed by atoms with Crippen molar-refractivity contribution in [2.45, 2.75) is 0 Å². The minimum absolute atomic E-state index is 0.0417. The zero-order chi connectivity index (χ0) is 13.0. The molecular weight excluding hydrogens is 405 g/mol. The van der Waals surface area contributed by atoms with Gasteiger partial charge < -0.3 is 15.6 Å². The zero-order valence-electron chi connectivity index (χ0n) is 8.70. The van der Waals surface area contributed by atoms with Crippen LogP contribution in [0, 0.1) is 3.57 Å². The number of carbonyl (C=O) groups is 1. The highest BCUT2D eigenvalue weighted by Crippen LogP contribution is 2.38. The first-order valence-corrected chi connectivity index (χ1v) is 6.18. The molecule has 0 saturated heterocycles. The third kappa shape index (κ3) is 3.46. The summed E-state index contributed by atoms with van der Waals surface area (Å²) in [6.07, 6.45) is 1.39. The molecule has 4 N–H and O–H groups in total. The summed E-state index contributed by atoms with van der Waals surface area (Å²) in [5, 5.41) is 13.3. The molecule has 0 saturated carbocycles. The number of urea groups is 1. The zero-order valence-corrected chi connectivity index (χ0v) is 12.4. The van der Waals surface area contributed by atoms with Crippen LogP contribution in [0.3, 0.4) is 0 Å². The molecule has 8 heteroatoms. The molecule has 0 unspecified atom stereocenters. The number of hydrazone groups is 1. The van der Waals surface area contributed by atoms with Gasteiger partial charge in [0.1, 0.15) is 0 Å². The lowest BCUT2D eigenvalue weighted by atomic mass is 10.2. The Hall–Kier alpha value is -1.03. The SMILES string of the molecule is COc1cc(/C=N\NC(N)=O)c(Br)c(I)c1O. The first-order valence-electron chi connectivity index (χ1n) is 4.30. The van der Waals surface area contributed by atoms with Crippen molar-refractivity contribution >= 4 is 50.8 Å². The number of nitrogens with two attached hydrogens (primary N) is 1. The van der Waals surface area contributed by atoms with Gasteiger partial charge in [-0.1, -0.05) is 0 Å². The molecule has 1 rings (SSSR count). The smallest absolute Gasteiger partial charge is 0.332 e. The van der Waals surface area contributed by atoms with Crippen molar-refractivity contribution in [1.82, 2.24) is 5.43 Å². The van der Waals surface area contributed by atoms with Gasteiger partial charge in [-0.15, -0.1) is 0 Å². The summed E-state index contributed by atoms with van der Waals surface area (Å²) in [6, 6.07) is 0.825. The average Bonchev–Trinajstić information content (AvgIpc) is 2.29. The predicted molar refractivity (Wildman–Crippen MR) is 75.4 cm³/mol. The summed E-state index contributed by atoms with van der Waals surface area (Å²) in [7, 11) is 1.45. The minimum atomic E-state index is -0.752. The van der Waals surface area contributed by atoms with Crippen molar-refractivity contribution in [2.75, 3.05) is 7.11 Å². The Morgan fingerprint density at radius 3 is 2.94 bits per heavy atom. The van der Waals surface area contributed by atoms with Gasteiger partial charge in [-0.05, 0) is 44.6 Å². The van der Waals surface area contributed by atoms with E-state index in [0.717, 1.165) is 0 Å². The lowest BCUT2D eigenvalue weighted by Crippen LogP contribution is -2.24. The average molecular weight is 414 g/mol. The molecule has 0 radical (unpaired) electrons. The van der Waals surface area contributed by atoms with E-state index in [-0.39, 0.29) is 5.75 Å². The van der Waals surface area contributed by atoms with Crippen LogP contribution in [0.2, 0.25) is 0 Å². The number of phenols is 1. The fourth-order valence-electron chi connectivity index (χ4n) is 1.03. The largest absolute Gasteiger partial charge is 0.503 e. The van der Waals surface area contributed by atoms with Crippen LogP contribution in [0.1, 0.15) is 5.56 Å². The van der Waals surface area contributed by atoms with Gasteiger partial charge in [0.15, 0.2) is 11.5 Å². The van der Waals surface area contributed by atoms with E-state index >= 15 is 0 Å². The van der Waals surface area contributed by atoms with Crippen molar-refractivity contribution in [3.8, 4) is 11.5 Å². The molecule has 0 heterocycles. The summed E-state index contributed by atoms with van der Waals surface area (Å²) in [5.74, 6) is 0.359. The van der Waals surface area contributed by atoms with E-state index in [9.17, 15) is 9.90 Å². The number of nitrogens with zero attached hydrogens (tertiary/aromatic N) is 1. The molecule has 0 aliphatic carbocycles. The van der Waals surface area contributed by atoms with Crippen molar-refractivity contribution in [1.29, 1.82) is 0 Å². The van der Waals surface area contributed by atoms with Gasteiger partial charge in [0.25, 0.3) is 0 Å². The number of phenolic OH excluding ortho intramolecular Hbond substituents is 1. The van der Waals surface area contributed by atoms with E-state index in [1.165, 1.54) is 13.3 Å². The molecule has 92 valence electrons. The Labute approximate surface area is 119 Å². The minimum Gasteiger partial charge on any atom is -0.503 e. The number of aromatic hydroxyl groups is 1. The van der Waals surface area contributed by atoms with E-state index < -0.39 is 6.03 Å². The molecule has 0 atom stereocenters. The van der Waals surface area contributed by atoms with Gasteiger partial charge in [-0.3, -0.25) is 0 Å². The van der Waals surface area contributed by atoms with Gasteiger partial charge >= 0.3 is 6.03 Å². The lowest BCUT2D eigenvalue weighted by Gasteiger charge is -2.09. The fraction of sp³-hybridized carbons (Fsp3) is 0.111. The molecule has 0 spiro atoms. The number of benzene rings is 1. The number of methoxy groups -OCH3 is 1. The molecule has 6 nitrogen and oxygen atoms in total. The van der Waals surface area contributed by atoms with E-state index in [1.54, 1.807) is 6.07 Å². The second-order valence-corrected chi connectivity index (χ2v) is 4.75. The third-order valence-corrected chi connectivity index (χ3v) is 4.42. The van der Waals surface area contributed by atoms with Crippen molar-refractivity contribution in [3.63, 3.8) is 0 Å². The number of ether oxygens (including phenoxy) is 1. The number of halogens is 2. The highest BCUT2D eigenvalue weighted by atomic mass is 127. The number of carbonyl (C=O) groups excluding carboxylic acids is 1. The fourth-order valence-corrected chi connectivity index (χ4v) is 2.01. The van der Waals surface area contributed by atoms with Crippen LogP contribution in [0.4, 0.5) is 4.79 Å². The van der Waals surface area contributed by atoms with Crippen LogP contribution in [-0.4, -0.2) is 24.5 Å². The molecule has 0 bridgehead atoms. The van der Waals surface area contributed by atoms with Crippen molar-refractivity contribution < 1.29 is 14.6 Å². The topological polar surface area (TPSA) is 96.9 Å². The maximum atomic E-state index is 10.4. The second-order valence-electron chi connectivity index (χ2n) is 2.88. The van der Waals surface area contributed by atoms with Crippen LogP contribution in [0.5, 0.6) is 11.5 Å². The summed E-state index contributed by atoms with van der Waals surface area (Å²) >= 11 is 5.26. The van der Waals surface area contributed by atoms with Gasteiger partial charge in [-0.25, -0.2) is 10.2 Å². The maximum Gasteiger partial charge on any atom is 0.332 e. The Kier molecular flexibility index (Phi) is 5.00. The molecule has 2 amide bonds. The van der Waals surface area contributed by atoms with Crippen LogP contribution in [0.25, 0.3) is 0 Å². The number of rotatable bonds is 3. The molecule has 17 heavy (non-hydrogen) atoms. The number of hydrogen-bond acceptors (Lipinski definition) is 4. The van der Waals surface area contributed by atoms with E-state index in [2.05, 4.69) is 26.5 Å². The summed E-state index contributed by atoms with van der Waals surface area (Å²) in [4.78, 5) is 10.4. The standard InChI is InChI=1S/C9H9BrIN3O3/c1-17-5-2-4(3-13-14-9(12)16)6(10)7(11)8(5)15/h2-3,15H,1H3,(H3,12,14,16)/b13-3-. The number of nitrogens with one attached hydrogen (secondary N) is 1. The highest BCUT2D eigenvalue weighted by molar-refractivity contribution is 14.1. The second kappa shape index (κ2) is 6.05. The number of hydrogen-bond donors (Lipinski definition) is 3. The predicted octanol–water partition coefficient (Wildman–Crippen LogP) is 1.77. The van der Waals surface area contributed by atoms with E-state index in [4.69, 9.17) is 10.5 Å². The Balaban J connectivity index is 3.12. The van der Waals surface area contributed by atoms with Crippen LogP contribution < -0.4 is 15.9 Å².